The summed E-state index contributed by atoms with van der Waals surface area (Å²) in [5.74, 6) is 0. The van der Waals surface area contributed by atoms with E-state index < -0.39 is 0 Å². The summed E-state index contributed by atoms with van der Waals surface area (Å²) in [5.41, 5.74) is 0. The molecule has 0 aliphatic carbocycles. The van der Waals surface area contributed by atoms with Crippen molar-refractivity contribution in [2.24, 2.45) is 0 Å². The second-order valence-electron chi connectivity index (χ2n) is 4.58. The van der Waals surface area contributed by atoms with Crippen LogP contribution in [0.4, 0.5) is 14.6 Å². The third kappa shape index (κ3) is 3.60. The number of urea groups is 1. The molecule has 0 bridgehead atoms. The van der Waals surface area contributed by atoms with Crippen molar-refractivity contribution in [1.29, 1.82) is 0 Å². The summed E-state index contributed by atoms with van der Waals surface area (Å²) in [6.45, 7) is 4.54. The van der Waals surface area contributed by atoms with Crippen molar-refractivity contribution in [1.82, 2.24) is 10.6 Å². The molecular weight excluding hydrogens is 266 g/mol. The van der Waals surface area contributed by atoms with Gasteiger partial charge in [0, 0.05) is 6.04 Å². The van der Waals surface area contributed by atoms with Crippen molar-refractivity contribution in [3.8, 4) is 0 Å². The van der Waals surface area contributed by atoms with Gasteiger partial charge in [0.25, 0.3) is 0 Å². The summed E-state index contributed by atoms with van der Waals surface area (Å²) in [7, 11) is 0. The molecule has 1 fully saturated rings. The van der Waals surface area contributed by atoms with E-state index in [1.54, 1.807) is 4.90 Å². The molecule has 19 heavy (non-hydrogen) atoms. The number of anilines is 1. The normalized spacial score (nSPS) is 18.6. The lowest BCUT2D eigenvalue weighted by atomic mass is 10.3. The van der Waals surface area contributed by atoms with E-state index in [1.165, 1.54) is 11.3 Å². The molecule has 0 saturated carbocycles. The molecule has 2 N–H and O–H groups in total. The van der Waals surface area contributed by atoms with E-state index in [-0.39, 0.29) is 24.3 Å². The number of hydrogen-bond acceptors (Lipinski definition) is 4. The molecule has 3 amide bonds. The first-order chi connectivity index (χ1) is 9.06. The van der Waals surface area contributed by atoms with Gasteiger partial charge in [-0.3, -0.25) is 4.90 Å². The average Bonchev–Trinajstić information content (AvgIpc) is 2.94. The van der Waals surface area contributed by atoms with E-state index in [9.17, 15) is 9.59 Å². The Balaban J connectivity index is 1.81. The molecule has 104 valence electrons. The third-order valence-corrected chi connectivity index (χ3v) is 3.45. The van der Waals surface area contributed by atoms with E-state index >= 15 is 0 Å². The maximum atomic E-state index is 11.7. The maximum absolute atomic E-state index is 11.7. The van der Waals surface area contributed by atoms with Crippen LogP contribution in [0.3, 0.4) is 0 Å². The molecule has 6 nitrogen and oxygen atoms in total. The van der Waals surface area contributed by atoms with Crippen LogP contribution in [0.2, 0.25) is 0 Å². The molecule has 0 spiro atoms. The van der Waals surface area contributed by atoms with Crippen LogP contribution in [0, 0.1) is 0 Å². The Labute approximate surface area is 115 Å². The van der Waals surface area contributed by atoms with Gasteiger partial charge in [-0.15, -0.1) is 11.3 Å². The minimum Gasteiger partial charge on any atom is -0.442 e. The number of cyclic esters (lactones) is 1. The highest BCUT2D eigenvalue weighted by molar-refractivity contribution is 7.14. The van der Waals surface area contributed by atoms with Crippen LogP contribution < -0.4 is 15.5 Å². The van der Waals surface area contributed by atoms with E-state index in [4.69, 9.17) is 4.74 Å². The summed E-state index contributed by atoms with van der Waals surface area (Å²) in [5, 5.41) is 8.17. The maximum Gasteiger partial charge on any atom is 0.415 e. The molecule has 1 aliphatic rings. The van der Waals surface area contributed by atoms with Gasteiger partial charge < -0.3 is 15.4 Å². The number of carbonyl (C=O) groups excluding carboxylic acids is 2. The number of hydrogen-bond donors (Lipinski definition) is 2. The largest absolute Gasteiger partial charge is 0.442 e. The van der Waals surface area contributed by atoms with Crippen LogP contribution in [0.1, 0.15) is 13.8 Å². The Morgan fingerprint density at radius 2 is 2.42 bits per heavy atom. The van der Waals surface area contributed by atoms with Crippen LogP contribution in [0.5, 0.6) is 0 Å². The number of thiophene rings is 1. The van der Waals surface area contributed by atoms with Gasteiger partial charge in [0.05, 0.1) is 13.1 Å². The summed E-state index contributed by atoms with van der Waals surface area (Å²) >= 11 is 1.48. The van der Waals surface area contributed by atoms with Crippen molar-refractivity contribution in [2.75, 3.05) is 18.0 Å². The molecule has 0 radical (unpaired) electrons. The van der Waals surface area contributed by atoms with E-state index in [1.807, 2.05) is 31.4 Å². The number of ether oxygens (including phenoxy) is 1. The fourth-order valence-electron chi connectivity index (χ4n) is 1.75. The van der Waals surface area contributed by atoms with Gasteiger partial charge in [-0.2, -0.15) is 0 Å². The van der Waals surface area contributed by atoms with Gasteiger partial charge in [-0.1, -0.05) is 0 Å². The van der Waals surface area contributed by atoms with Crippen molar-refractivity contribution >= 4 is 28.5 Å². The Bertz CT molecular complexity index is 447. The fraction of sp³-hybridized carbons (Fsp3) is 0.500. The van der Waals surface area contributed by atoms with Gasteiger partial charge in [-0.05, 0) is 31.4 Å². The highest BCUT2D eigenvalue weighted by atomic mass is 32.1. The number of amides is 3. The fourth-order valence-corrected chi connectivity index (χ4v) is 2.48. The lowest BCUT2D eigenvalue weighted by molar-refractivity contribution is 0.140. The Morgan fingerprint density at radius 3 is 3.05 bits per heavy atom. The molecule has 1 aromatic rings. The summed E-state index contributed by atoms with van der Waals surface area (Å²) in [4.78, 5) is 24.7. The molecule has 2 rings (SSSR count). The molecule has 1 atom stereocenters. The van der Waals surface area contributed by atoms with E-state index in [2.05, 4.69) is 10.6 Å². The lowest BCUT2D eigenvalue weighted by Crippen LogP contribution is -2.43. The molecule has 1 aromatic heterocycles. The lowest BCUT2D eigenvalue weighted by Gasteiger charge is -2.12. The quantitative estimate of drug-likeness (QED) is 0.885. The first kappa shape index (κ1) is 13.7. The number of rotatable bonds is 4. The molecule has 1 saturated heterocycles. The molecule has 1 aliphatic heterocycles. The molecule has 2 heterocycles. The molecule has 0 aromatic carbocycles. The average molecular weight is 283 g/mol. The van der Waals surface area contributed by atoms with Crippen molar-refractivity contribution in [3.05, 3.63) is 17.5 Å². The van der Waals surface area contributed by atoms with E-state index in [0.717, 1.165) is 5.00 Å². The summed E-state index contributed by atoms with van der Waals surface area (Å²) in [6.07, 6.45) is -0.675. The van der Waals surface area contributed by atoms with Crippen molar-refractivity contribution < 1.29 is 14.3 Å². The number of nitrogens with one attached hydrogen (secondary N) is 2. The smallest absolute Gasteiger partial charge is 0.415 e. The molecule has 7 heteroatoms. The van der Waals surface area contributed by atoms with Gasteiger partial charge in [0.15, 0.2) is 0 Å². The van der Waals surface area contributed by atoms with Gasteiger partial charge in [-0.25, -0.2) is 9.59 Å². The Morgan fingerprint density at radius 1 is 1.63 bits per heavy atom. The van der Waals surface area contributed by atoms with Crippen LogP contribution in [-0.2, 0) is 4.74 Å². The van der Waals surface area contributed by atoms with Crippen molar-refractivity contribution in [2.45, 2.75) is 26.0 Å². The zero-order valence-corrected chi connectivity index (χ0v) is 11.7. The zero-order chi connectivity index (χ0) is 13.8. The highest BCUT2D eigenvalue weighted by Gasteiger charge is 2.32. The molecular formula is C12H17N3O3S. The first-order valence-corrected chi connectivity index (χ1v) is 7.00. The van der Waals surface area contributed by atoms with Crippen LogP contribution in [0.25, 0.3) is 0 Å². The van der Waals surface area contributed by atoms with Crippen LogP contribution in [0.15, 0.2) is 17.5 Å². The second-order valence-corrected chi connectivity index (χ2v) is 5.50. The summed E-state index contributed by atoms with van der Waals surface area (Å²) < 4.78 is 5.20. The SMILES string of the molecule is CC(C)NC(=O)NCC1CN(c2cccs2)C(=O)O1. The van der Waals surface area contributed by atoms with Crippen LogP contribution in [-0.4, -0.2) is 37.4 Å². The topological polar surface area (TPSA) is 70.7 Å². The number of carbonyl (C=O) groups is 2. The van der Waals surface area contributed by atoms with Crippen molar-refractivity contribution in [3.63, 3.8) is 0 Å². The first-order valence-electron chi connectivity index (χ1n) is 6.12. The zero-order valence-electron chi connectivity index (χ0n) is 10.9. The standard InChI is InChI=1S/C12H17N3O3S/c1-8(2)14-11(16)13-6-9-7-15(12(17)18-9)10-4-3-5-19-10/h3-5,8-9H,6-7H2,1-2H3,(H2,13,14,16). The minimum atomic E-state index is -0.362. The number of nitrogens with zero attached hydrogens (tertiary/aromatic N) is 1. The van der Waals surface area contributed by atoms with Gasteiger partial charge >= 0.3 is 12.1 Å². The van der Waals surface area contributed by atoms with Gasteiger partial charge in [0.1, 0.15) is 11.1 Å². The Hall–Kier alpha value is -1.76. The third-order valence-electron chi connectivity index (χ3n) is 2.56. The van der Waals surface area contributed by atoms with Gasteiger partial charge in [0.2, 0.25) is 0 Å². The van der Waals surface area contributed by atoms with E-state index in [0.29, 0.717) is 13.1 Å². The second kappa shape index (κ2) is 5.92. The minimum absolute atomic E-state index is 0.0775. The molecule has 1 unspecified atom stereocenters. The Kier molecular flexibility index (Phi) is 4.26. The monoisotopic (exact) mass is 283 g/mol. The van der Waals surface area contributed by atoms with Crippen LogP contribution >= 0.6 is 11.3 Å². The predicted molar refractivity (Wildman–Crippen MR) is 73.6 cm³/mol. The highest BCUT2D eigenvalue weighted by Crippen LogP contribution is 2.25. The summed E-state index contributed by atoms with van der Waals surface area (Å²) in [6, 6.07) is 3.58. The predicted octanol–water partition coefficient (Wildman–Crippen LogP) is 1.78.